The minimum absolute atomic E-state index is 0.0122. The number of fused-ring (bicyclic) bond motifs is 1. The number of carbonyl (C=O) groups is 2. The lowest BCUT2D eigenvalue weighted by Gasteiger charge is -2.28. The Kier molecular flexibility index (Phi) is 8.99. The van der Waals surface area contributed by atoms with E-state index >= 15 is 0 Å². The van der Waals surface area contributed by atoms with E-state index in [0.29, 0.717) is 23.4 Å². The summed E-state index contributed by atoms with van der Waals surface area (Å²) in [5.74, 6) is -3.15. The first kappa shape index (κ1) is 32.1. The molecule has 0 spiro atoms. The van der Waals surface area contributed by atoms with Gasteiger partial charge in [0.25, 0.3) is 11.8 Å². The Bertz CT molecular complexity index is 1840. The molecular formula is C32H20BrClF6N2O3. The average Bonchev–Trinajstić information content (AvgIpc) is 3.24. The minimum atomic E-state index is -4.94. The molecule has 4 aromatic carbocycles. The summed E-state index contributed by atoms with van der Waals surface area (Å²) in [5.41, 5.74) is -1.18. The molecule has 1 N–H and O–H groups in total. The van der Waals surface area contributed by atoms with E-state index < -0.39 is 51.5 Å². The van der Waals surface area contributed by atoms with Crippen LogP contribution in [0.2, 0.25) is 5.02 Å². The molecule has 4 aromatic rings. The number of hydrogen-bond acceptors (Lipinski definition) is 3. The predicted octanol–water partition coefficient (Wildman–Crippen LogP) is 9.31. The van der Waals surface area contributed by atoms with Crippen LogP contribution < -0.4 is 10.1 Å². The number of rotatable bonds is 7. The van der Waals surface area contributed by atoms with E-state index in [4.69, 9.17) is 16.3 Å². The van der Waals surface area contributed by atoms with E-state index in [1.54, 1.807) is 24.3 Å². The summed E-state index contributed by atoms with van der Waals surface area (Å²) in [7, 11) is 1.49. The molecule has 0 saturated heterocycles. The summed E-state index contributed by atoms with van der Waals surface area (Å²) in [5, 5.41) is 2.54. The van der Waals surface area contributed by atoms with Gasteiger partial charge in [-0.3, -0.25) is 9.59 Å². The van der Waals surface area contributed by atoms with Gasteiger partial charge in [-0.2, -0.15) is 17.6 Å². The number of nitrogens with one attached hydrogen (secondary N) is 1. The smallest absolute Gasteiger partial charge is 0.416 e. The van der Waals surface area contributed by atoms with Gasteiger partial charge in [0.15, 0.2) is 4.74 Å². The van der Waals surface area contributed by atoms with Gasteiger partial charge in [0.2, 0.25) is 0 Å². The topological polar surface area (TPSA) is 58.6 Å². The van der Waals surface area contributed by atoms with Crippen LogP contribution >= 0.6 is 27.5 Å². The van der Waals surface area contributed by atoms with Gasteiger partial charge in [0.05, 0.1) is 18.7 Å². The SMILES string of the molecule is COc1ccc(CN2C(=O)c3cc(/C=C(\F)Br)cc(NC(=O)c4cc(F)cc(C(F)(F)F)c4)c3C2c2cc(F)ccc2Cl)cc1. The Labute approximate surface area is 266 Å². The summed E-state index contributed by atoms with van der Waals surface area (Å²) in [4.78, 5) is 28.7. The highest BCUT2D eigenvalue weighted by Crippen LogP contribution is 2.46. The Hall–Kier alpha value is -4.29. The standard InChI is InChI=1S/C32H20BrClF6N2O3/c1-45-22-5-2-16(3-6-22)15-42-29(23-14-20(35)4-7-25(23)34)28-24(31(42)44)8-17(10-27(33)37)9-26(28)41-30(43)18-11-19(32(38,39)40)13-21(36)12-18/h2-14,29H,15H2,1H3,(H,41,43)/b27-10-. The lowest BCUT2D eigenvalue weighted by atomic mass is 9.93. The molecule has 45 heavy (non-hydrogen) atoms. The van der Waals surface area contributed by atoms with Crippen LogP contribution in [0.1, 0.15) is 54.6 Å². The Morgan fingerprint density at radius 2 is 1.73 bits per heavy atom. The van der Waals surface area contributed by atoms with Crippen molar-refractivity contribution in [1.82, 2.24) is 4.90 Å². The number of ether oxygens (including phenoxy) is 1. The zero-order valence-electron chi connectivity index (χ0n) is 23.0. The number of benzene rings is 4. The van der Waals surface area contributed by atoms with Crippen LogP contribution in [0.15, 0.2) is 77.5 Å². The Morgan fingerprint density at radius 3 is 2.38 bits per heavy atom. The molecule has 1 aliphatic rings. The summed E-state index contributed by atoms with van der Waals surface area (Å²) in [6.07, 6.45) is -3.94. The lowest BCUT2D eigenvalue weighted by molar-refractivity contribution is -0.137. The van der Waals surface area contributed by atoms with Gasteiger partial charge in [-0.1, -0.05) is 23.7 Å². The van der Waals surface area contributed by atoms with Gasteiger partial charge in [-0.05, 0) is 93.8 Å². The van der Waals surface area contributed by atoms with Gasteiger partial charge < -0.3 is 15.0 Å². The maximum absolute atomic E-state index is 14.6. The third-order valence-electron chi connectivity index (χ3n) is 7.05. The fraction of sp³-hybridized carbons (Fsp3) is 0.125. The molecular weight excluding hydrogens is 690 g/mol. The number of hydrogen-bond donors (Lipinski definition) is 1. The molecule has 1 heterocycles. The molecule has 13 heteroatoms. The highest BCUT2D eigenvalue weighted by atomic mass is 79.9. The van der Waals surface area contributed by atoms with Crippen LogP contribution in [-0.2, 0) is 12.7 Å². The molecule has 5 nitrogen and oxygen atoms in total. The second-order valence-electron chi connectivity index (χ2n) is 9.99. The molecule has 1 aliphatic heterocycles. The molecule has 0 aliphatic carbocycles. The molecule has 2 amide bonds. The van der Waals surface area contributed by atoms with Crippen molar-refractivity contribution in [2.24, 2.45) is 0 Å². The molecule has 0 saturated carbocycles. The predicted molar refractivity (Wildman–Crippen MR) is 160 cm³/mol. The quantitative estimate of drug-likeness (QED) is 0.195. The number of carbonyl (C=O) groups excluding carboxylic acids is 2. The number of methoxy groups -OCH3 is 1. The summed E-state index contributed by atoms with van der Waals surface area (Å²) in [6.45, 7) is -0.0286. The van der Waals surface area contributed by atoms with Crippen molar-refractivity contribution in [2.75, 3.05) is 12.4 Å². The van der Waals surface area contributed by atoms with Gasteiger partial charge in [-0.25, -0.2) is 8.78 Å². The molecule has 232 valence electrons. The molecule has 5 rings (SSSR count). The Morgan fingerprint density at radius 1 is 1.02 bits per heavy atom. The molecule has 1 unspecified atom stereocenters. The van der Waals surface area contributed by atoms with Crippen LogP contribution in [0.4, 0.5) is 32.0 Å². The van der Waals surface area contributed by atoms with Crippen LogP contribution in [0.5, 0.6) is 5.75 Å². The highest BCUT2D eigenvalue weighted by Gasteiger charge is 2.41. The normalized spacial score (nSPS) is 14.9. The van der Waals surface area contributed by atoms with Crippen molar-refractivity contribution in [3.8, 4) is 5.75 Å². The number of alkyl halides is 3. The van der Waals surface area contributed by atoms with Crippen molar-refractivity contribution < 1.29 is 40.7 Å². The summed E-state index contributed by atoms with van der Waals surface area (Å²) >= 11 is 9.19. The van der Waals surface area contributed by atoms with E-state index in [9.17, 15) is 35.9 Å². The van der Waals surface area contributed by atoms with Crippen molar-refractivity contribution >= 4 is 51.1 Å². The lowest BCUT2D eigenvalue weighted by Crippen LogP contribution is -2.28. The molecule has 0 radical (unpaired) electrons. The zero-order valence-corrected chi connectivity index (χ0v) is 25.3. The van der Waals surface area contributed by atoms with E-state index in [0.717, 1.165) is 18.2 Å². The second-order valence-corrected chi connectivity index (χ2v) is 11.2. The van der Waals surface area contributed by atoms with Crippen LogP contribution in [0.25, 0.3) is 6.08 Å². The van der Waals surface area contributed by atoms with Gasteiger partial charge >= 0.3 is 6.18 Å². The Balaban J connectivity index is 1.68. The van der Waals surface area contributed by atoms with Gasteiger partial charge in [0, 0.05) is 39.5 Å². The van der Waals surface area contributed by atoms with E-state index in [2.05, 4.69) is 21.2 Å². The third kappa shape index (κ3) is 6.86. The second kappa shape index (κ2) is 12.6. The number of amides is 2. The minimum Gasteiger partial charge on any atom is -0.497 e. The van der Waals surface area contributed by atoms with E-state index in [1.807, 2.05) is 0 Å². The van der Waals surface area contributed by atoms with Gasteiger partial charge in [-0.15, -0.1) is 0 Å². The van der Waals surface area contributed by atoms with E-state index in [-0.39, 0.29) is 45.6 Å². The first-order valence-electron chi connectivity index (χ1n) is 13.0. The molecule has 0 aromatic heterocycles. The maximum Gasteiger partial charge on any atom is 0.416 e. The average molecular weight is 710 g/mol. The molecule has 0 fully saturated rings. The summed E-state index contributed by atoms with van der Waals surface area (Å²) in [6, 6.07) is 13.2. The highest BCUT2D eigenvalue weighted by molar-refractivity contribution is 9.11. The van der Waals surface area contributed by atoms with E-state index in [1.165, 1.54) is 30.2 Å². The van der Waals surface area contributed by atoms with Crippen molar-refractivity contribution in [3.05, 3.63) is 133 Å². The first-order valence-corrected chi connectivity index (χ1v) is 14.2. The fourth-order valence-electron chi connectivity index (χ4n) is 5.10. The largest absolute Gasteiger partial charge is 0.497 e. The first-order chi connectivity index (χ1) is 21.2. The van der Waals surface area contributed by atoms with Crippen LogP contribution in [-0.4, -0.2) is 23.8 Å². The fourth-order valence-corrected chi connectivity index (χ4v) is 5.59. The van der Waals surface area contributed by atoms with Crippen LogP contribution in [0, 0.1) is 11.6 Å². The third-order valence-corrected chi connectivity index (χ3v) is 7.63. The number of anilines is 1. The van der Waals surface area contributed by atoms with Crippen LogP contribution in [0.3, 0.4) is 0 Å². The van der Waals surface area contributed by atoms with Crippen molar-refractivity contribution in [1.29, 1.82) is 0 Å². The summed E-state index contributed by atoms with van der Waals surface area (Å²) < 4.78 is 87.2. The monoisotopic (exact) mass is 708 g/mol. The molecule has 0 bridgehead atoms. The van der Waals surface area contributed by atoms with Gasteiger partial charge in [0.1, 0.15) is 17.4 Å². The number of halogens is 8. The molecule has 1 atom stereocenters. The zero-order chi connectivity index (χ0) is 32.6. The van der Waals surface area contributed by atoms with Crippen molar-refractivity contribution in [2.45, 2.75) is 18.8 Å². The maximum atomic E-state index is 14.6. The van der Waals surface area contributed by atoms with Crippen molar-refractivity contribution in [3.63, 3.8) is 0 Å². The number of nitrogens with zero attached hydrogens (tertiary/aromatic N) is 1.